The predicted octanol–water partition coefficient (Wildman–Crippen LogP) is 1.91. The van der Waals surface area contributed by atoms with E-state index < -0.39 is 34.9 Å². The third-order valence-corrected chi connectivity index (χ3v) is 6.22. The monoisotopic (exact) mass is 479 g/mol. The van der Waals surface area contributed by atoms with Crippen LogP contribution in [0, 0.1) is 0 Å². The third-order valence-electron chi connectivity index (χ3n) is 6.22. The van der Waals surface area contributed by atoms with Gasteiger partial charge in [-0.05, 0) is 31.9 Å². The number of aromatic amines is 1. The lowest BCUT2D eigenvalue weighted by Gasteiger charge is -2.43. The van der Waals surface area contributed by atoms with Crippen molar-refractivity contribution in [2.45, 2.75) is 50.6 Å². The van der Waals surface area contributed by atoms with E-state index in [-0.39, 0.29) is 50.3 Å². The predicted molar refractivity (Wildman–Crippen MR) is 116 cm³/mol. The summed E-state index contributed by atoms with van der Waals surface area (Å²) in [6.07, 6.45) is -3.02. The normalized spacial score (nSPS) is 21.2. The van der Waals surface area contributed by atoms with Crippen LogP contribution in [0.25, 0.3) is 11.0 Å². The summed E-state index contributed by atoms with van der Waals surface area (Å²) in [7, 11) is 0. The first-order chi connectivity index (χ1) is 16.0. The minimum Gasteiger partial charge on any atom is -0.388 e. The molecule has 9 nitrogen and oxygen atoms in total. The number of rotatable bonds is 5. The molecule has 2 aromatic heterocycles. The Morgan fingerprint density at radius 3 is 2.71 bits per heavy atom. The first kappa shape index (κ1) is 23.7. The highest BCUT2D eigenvalue weighted by atomic mass is 19.4. The minimum absolute atomic E-state index is 0.0147. The molecular weight excluding hydrogens is 455 g/mol. The van der Waals surface area contributed by atoms with Crippen LogP contribution in [-0.4, -0.2) is 53.7 Å². The van der Waals surface area contributed by atoms with Crippen LogP contribution in [0.5, 0.6) is 0 Å². The number of likely N-dealkylation sites (tertiary alicyclic amines) is 1. The molecule has 0 bridgehead atoms. The van der Waals surface area contributed by atoms with E-state index >= 15 is 0 Å². The van der Waals surface area contributed by atoms with Gasteiger partial charge in [-0.15, -0.1) is 0 Å². The molecule has 1 amide bonds. The Bertz CT molecular complexity index is 1320. The minimum atomic E-state index is -4.63. The fraction of sp³-hybridized carbons (Fsp3) is 0.455. The molecule has 1 aromatic carbocycles. The number of carbonyl (C=O) groups excluding carboxylic acids is 1. The number of hydrogen-bond acceptors (Lipinski definition) is 5. The smallest absolute Gasteiger partial charge is 0.388 e. The van der Waals surface area contributed by atoms with Crippen molar-refractivity contribution >= 4 is 16.9 Å². The average molecular weight is 479 g/mol. The summed E-state index contributed by atoms with van der Waals surface area (Å²) in [6, 6.07) is 6.67. The number of imidazole rings is 1. The van der Waals surface area contributed by atoms with Gasteiger partial charge in [0.15, 0.2) is 0 Å². The highest BCUT2D eigenvalue weighted by Crippen LogP contribution is 2.33. The van der Waals surface area contributed by atoms with Gasteiger partial charge in [-0.2, -0.15) is 13.2 Å². The highest BCUT2D eigenvalue weighted by Gasteiger charge is 2.41. The Labute approximate surface area is 191 Å². The van der Waals surface area contributed by atoms with E-state index in [4.69, 9.17) is 0 Å². The van der Waals surface area contributed by atoms with Crippen LogP contribution < -0.4 is 11.2 Å². The second-order valence-electron chi connectivity index (χ2n) is 8.66. The lowest BCUT2D eigenvalue weighted by Crippen LogP contribution is -2.54. The van der Waals surface area contributed by atoms with Crippen molar-refractivity contribution in [1.82, 2.24) is 24.0 Å². The number of aliphatic hydroxyl groups is 1. The van der Waals surface area contributed by atoms with Crippen LogP contribution in [0.3, 0.4) is 0 Å². The molecule has 3 aromatic rings. The number of para-hydroxylation sites is 2. The molecule has 0 aliphatic carbocycles. The lowest BCUT2D eigenvalue weighted by molar-refractivity contribution is -0.147. The average Bonchev–Trinajstić information content (AvgIpc) is 3.13. The van der Waals surface area contributed by atoms with Crippen molar-refractivity contribution in [2.24, 2.45) is 0 Å². The Morgan fingerprint density at radius 1 is 1.26 bits per heavy atom. The summed E-state index contributed by atoms with van der Waals surface area (Å²) < 4.78 is 42.7. The van der Waals surface area contributed by atoms with Gasteiger partial charge >= 0.3 is 11.9 Å². The number of hydrogen-bond donors (Lipinski definition) is 2. The van der Waals surface area contributed by atoms with Crippen molar-refractivity contribution in [3.05, 3.63) is 63.2 Å². The molecule has 0 saturated carbocycles. The largest absolute Gasteiger partial charge is 0.449 e. The number of nitrogens with zero attached hydrogens (tertiary/aromatic N) is 4. The summed E-state index contributed by atoms with van der Waals surface area (Å²) in [5.74, 6) is -1.30. The fourth-order valence-electron chi connectivity index (χ4n) is 4.38. The van der Waals surface area contributed by atoms with Crippen molar-refractivity contribution in [1.29, 1.82) is 0 Å². The molecule has 2 atom stereocenters. The van der Waals surface area contributed by atoms with Gasteiger partial charge in [-0.25, -0.2) is 9.78 Å². The molecule has 34 heavy (non-hydrogen) atoms. The number of fused-ring (bicyclic) bond motifs is 1. The summed E-state index contributed by atoms with van der Waals surface area (Å²) in [5, 5.41) is 10.8. The molecule has 182 valence electrons. The summed E-state index contributed by atoms with van der Waals surface area (Å²) in [4.78, 5) is 43.8. The third kappa shape index (κ3) is 4.63. The van der Waals surface area contributed by atoms with Crippen LogP contribution in [0.4, 0.5) is 13.2 Å². The molecule has 1 fully saturated rings. The summed E-state index contributed by atoms with van der Waals surface area (Å²) in [5.41, 5.74) is -1.99. The molecule has 0 radical (unpaired) electrons. The second kappa shape index (κ2) is 8.75. The van der Waals surface area contributed by atoms with E-state index in [1.807, 2.05) is 0 Å². The number of amides is 1. The summed E-state index contributed by atoms with van der Waals surface area (Å²) >= 11 is 0. The van der Waals surface area contributed by atoms with Crippen LogP contribution in [0.15, 0.2) is 46.1 Å². The first-order valence-corrected chi connectivity index (χ1v) is 10.8. The number of nitrogens with one attached hydrogen (secondary N) is 1. The van der Waals surface area contributed by atoms with Gasteiger partial charge in [-0.1, -0.05) is 12.1 Å². The molecule has 12 heteroatoms. The van der Waals surface area contributed by atoms with Crippen LogP contribution in [-0.2, 0) is 17.5 Å². The molecule has 4 rings (SSSR count). The van der Waals surface area contributed by atoms with Gasteiger partial charge in [0.2, 0.25) is 11.7 Å². The zero-order valence-corrected chi connectivity index (χ0v) is 18.4. The molecule has 1 aliphatic heterocycles. The Kier molecular flexibility index (Phi) is 6.11. The van der Waals surface area contributed by atoms with Gasteiger partial charge in [-0.3, -0.25) is 19.1 Å². The van der Waals surface area contributed by atoms with E-state index in [1.165, 1.54) is 21.7 Å². The summed E-state index contributed by atoms with van der Waals surface area (Å²) in [6.45, 7) is 1.77. The topological polar surface area (TPSA) is 113 Å². The van der Waals surface area contributed by atoms with Crippen molar-refractivity contribution < 1.29 is 23.1 Å². The Hall–Kier alpha value is -3.41. The van der Waals surface area contributed by atoms with E-state index in [1.54, 1.807) is 25.1 Å². The first-order valence-electron chi connectivity index (χ1n) is 10.8. The maximum atomic E-state index is 13.5. The SMILES string of the molecule is C[C@@]1(O)CCN(C(=O)CCCn2c(C(F)(F)F)nc3ccccc32)C[C@H]1n1ccc(=O)[nH]c1=O. The molecule has 1 aliphatic rings. The van der Waals surface area contributed by atoms with E-state index in [9.17, 15) is 32.7 Å². The quantitative estimate of drug-likeness (QED) is 0.581. The van der Waals surface area contributed by atoms with E-state index in [0.29, 0.717) is 5.52 Å². The van der Waals surface area contributed by atoms with Gasteiger partial charge in [0.1, 0.15) is 0 Å². The van der Waals surface area contributed by atoms with Crippen molar-refractivity contribution in [2.75, 3.05) is 13.1 Å². The Morgan fingerprint density at radius 2 is 2.00 bits per heavy atom. The molecule has 1 saturated heterocycles. The number of H-pyrrole nitrogens is 1. The number of aryl methyl sites for hydroxylation is 1. The molecule has 2 N–H and O–H groups in total. The van der Waals surface area contributed by atoms with Gasteiger partial charge in [0, 0.05) is 38.3 Å². The van der Waals surface area contributed by atoms with Gasteiger partial charge in [0.05, 0.1) is 22.7 Å². The van der Waals surface area contributed by atoms with Crippen LogP contribution >= 0.6 is 0 Å². The van der Waals surface area contributed by atoms with E-state index in [0.717, 1.165) is 10.6 Å². The van der Waals surface area contributed by atoms with Crippen molar-refractivity contribution in [3.8, 4) is 0 Å². The molecule has 0 spiro atoms. The van der Waals surface area contributed by atoms with Crippen molar-refractivity contribution in [3.63, 3.8) is 0 Å². The molecular formula is C22H24F3N5O4. The van der Waals surface area contributed by atoms with E-state index in [2.05, 4.69) is 9.97 Å². The number of alkyl halides is 3. The standard InChI is InChI=1S/C22H24F3N5O4/c1-21(34)9-12-28(13-16(21)30-11-8-17(31)27-20(30)33)18(32)7-4-10-29-15-6-3-2-5-14(15)26-19(29)22(23,24)25/h2-3,5-6,8,11,16,34H,4,7,9-10,12-13H2,1H3,(H,27,31,33)/t16-,21-/m1/s1. The highest BCUT2D eigenvalue weighted by molar-refractivity contribution is 5.77. The van der Waals surface area contributed by atoms with Gasteiger partial charge in [0.25, 0.3) is 5.56 Å². The van der Waals surface area contributed by atoms with Gasteiger partial charge < -0.3 is 14.6 Å². The maximum Gasteiger partial charge on any atom is 0.449 e. The Balaban J connectivity index is 1.47. The second-order valence-corrected chi connectivity index (χ2v) is 8.66. The number of carbonyl (C=O) groups is 1. The number of piperidine rings is 1. The number of benzene rings is 1. The number of halogens is 3. The molecule has 3 heterocycles. The fourth-order valence-corrected chi connectivity index (χ4v) is 4.38. The van der Waals surface area contributed by atoms with Crippen LogP contribution in [0.2, 0.25) is 0 Å². The zero-order valence-electron chi connectivity index (χ0n) is 18.4. The number of aromatic nitrogens is 4. The van der Waals surface area contributed by atoms with Crippen LogP contribution in [0.1, 0.15) is 38.1 Å². The molecule has 0 unspecified atom stereocenters. The lowest BCUT2D eigenvalue weighted by atomic mass is 9.88. The zero-order chi connectivity index (χ0) is 24.7. The maximum absolute atomic E-state index is 13.5.